The van der Waals surface area contributed by atoms with Crippen LogP contribution in [0.4, 0.5) is 0 Å². The molecule has 3 rings (SSSR count). The summed E-state index contributed by atoms with van der Waals surface area (Å²) >= 11 is 0. The molecule has 1 N–H and O–H groups in total. The molecule has 0 radical (unpaired) electrons. The molecule has 0 saturated carbocycles. The molecule has 0 saturated heterocycles. The molecule has 0 aliphatic carbocycles. The summed E-state index contributed by atoms with van der Waals surface area (Å²) < 4.78 is 0. The summed E-state index contributed by atoms with van der Waals surface area (Å²) in [6, 6.07) is 17.6. The van der Waals surface area contributed by atoms with Gasteiger partial charge >= 0.3 is 0 Å². The van der Waals surface area contributed by atoms with Crippen LogP contribution >= 0.6 is 0 Å². The summed E-state index contributed by atoms with van der Waals surface area (Å²) in [5.74, 6) is 0. The van der Waals surface area contributed by atoms with Crippen molar-refractivity contribution in [1.82, 2.24) is 10.2 Å². The van der Waals surface area contributed by atoms with Crippen molar-refractivity contribution in [2.24, 2.45) is 0 Å². The lowest BCUT2D eigenvalue weighted by Crippen LogP contribution is -2.22. The maximum absolute atomic E-state index is 3.41. The van der Waals surface area contributed by atoms with Gasteiger partial charge in [0.1, 0.15) is 0 Å². The molecule has 0 fully saturated rings. The van der Waals surface area contributed by atoms with Crippen LogP contribution in [0.3, 0.4) is 0 Å². The Kier molecular flexibility index (Phi) is 4.14. The molecule has 0 aromatic heterocycles. The molecule has 2 heteroatoms. The average molecular weight is 266 g/mol. The molecular formula is C18H22N2. The Labute approximate surface area is 121 Å². The third-order valence-corrected chi connectivity index (χ3v) is 4.00. The van der Waals surface area contributed by atoms with Crippen LogP contribution in [0.25, 0.3) is 0 Å². The Morgan fingerprint density at radius 3 is 2.45 bits per heavy atom. The summed E-state index contributed by atoms with van der Waals surface area (Å²) in [7, 11) is 0. The molecule has 1 heterocycles. The number of nitrogens with one attached hydrogen (secondary N) is 1. The molecule has 0 atom stereocenters. The van der Waals surface area contributed by atoms with Gasteiger partial charge in [0.05, 0.1) is 0 Å². The summed E-state index contributed by atoms with van der Waals surface area (Å²) in [4.78, 5) is 2.49. The first-order chi connectivity index (χ1) is 9.85. The van der Waals surface area contributed by atoms with Gasteiger partial charge in [-0.25, -0.2) is 0 Å². The Hall–Kier alpha value is -1.64. The Morgan fingerprint density at radius 1 is 0.900 bits per heavy atom. The Bertz CT molecular complexity index is 563. The van der Waals surface area contributed by atoms with E-state index in [2.05, 4.69) is 65.7 Å². The number of rotatable bonds is 5. The molecule has 20 heavy (non-hydrogen) atoms. The zero-order valence-electron chi connectivity index (χ0n) is 12.1. The normalized spacial score (nSPS) is 13.7. The van der Waals surface area contributed by atoms with Crippen molar-refractivity contribution >= 4 is 0 Å². The van der Waals surface area contributed by atoms with Gasteiger partial charge in [-0.3, -0.25) is 4.90 Å². The van der Waals surface area contributed by atoms with E-state index in [4.69, 9.17) is 0 Å². The molecule has 0 spiro atoms. The van der Waals surface area contributed by atoms with E-state index in [0.29, 0.717) is 0 Å². The second kappa shape index (κ2) is 6.21. The molecule has 0 unspecified atom stereocenters. The Balaban J connectivity index is 1.68. The van der Waals surface area contributed by atoms with Crippen molar-refractivity contribution in [2.75, 3.05) is 6.54 Å². The summed E-state index contributed by atoms with van der Waals surface area (Å²) in [5, 5.41) is 3.41. The van der Waals surface area contributed by atoms with Crippen LogP contribution in [-0.2, 0) is 26.2 Å². The van der Waals surface area contributed by atoms with Crippen molar-refractivity contribution in [3.63, 3.8) is 0 Å². The van der Waals surface area contributed by atoms with Crippen LogP contribution in [0.15, 0.2) is 48.5 Å². The van der Waals surface area contributed by atoms with E-state index in [1.54, 1.807) is 0 Å². The van der Waals surface area contributed by atoms with Gasteiger partial charge in [0.2, 0.25) is 0 Å². The van der Waals surface area contributed by atoms with Gasteiger partial charge in [0.15, 0.2) is 0 Å². The van der Waals surface area contributed by atoms with Crippen molar-refractivity contribution in [3.05, 3.63) is 70.8 Å². The lowest BCUT2D eigenvalue weighted by molar-refractivity contribution is 0.271. The van der Waals surface area contributed by atoms with Gasteiger partial charge in [0, 0.05) is 26.2 Å². The highest BCUT2D eigenvalue weighted by Crippen LogP contribution is 2.18. The highest BCUT2D eigenvalue weighted by atomic mass is 15.1. The van der Waals surface area contributed by atoms with Gasteiger partial charge < -0.3 is 5.32 Å². The standard InChI is InChI=1S/C18H22N2/c1-2-20(13-15-6-4-3-5-7-15)14-16-8-9-17-11-19-12-18(17)10-16/h3-10,19H,2,11-14H2,1H3. The number of benzene rings is 2. The summed E-state index contributed by atoms with van der Waals surface area (Å²) in [6.07, 6.45) is 0. The summed E-state index contributed by atoms with van der Waals surface area (Å²) in [5.41, 5.74) is 5.74. The molecule has 2 nitrogen and oxygen atoms in total. The lowest BCUT2D eigenvalue weighted by Gasteiger charge is -2.21. The van der Waals surface area contributed by atoms with Crippen LogP contribution in [0.1, 0.15) is 29.2 Å². The lowest BCUT2D eigenvalue weighted by atomic mass is 10.1. The quantitative estimate of drug-likeness (QED) is 0.893. The molecule has 2 aromatic carbocycles. The van der Waals surface area contributed by atoms with Crippen LogP contribution in [0, 0.1) is 0 Å². The van der Waals surface area contributed by atoms with Gasteiger partial charge in [-0.2, -0.15) is 0 Å². The zero-order valence-corrected chi connectivity index (χ0v) is 12.1. The van der Waals surface area contributed by atoms with Gasteiger partial charge in [-0.1, -0.05) is 55.5 Å². The van der Waals surface area contributed by atoms with E-state index in [9.17, 15) is 0 Å². The first kappa shape index (κ1) is 13.3. The van der Waals surface area contributed by atoms with Crippen molar-refractivity contribution < 1.29 is 0 Å². The fourth-order valence-corrected chi connectivity index (χ4v) is 2.83. The largest absolute Gasteiger partial charge is 0.309 e. The summed E-state index contributed by atoms with van der Waals surface area (Å²) in [6.45, 7) is 7.40. The average Bonchev–Trinajstić information content (AvgIpc) is 2.95. The van der Waals surface area contributed by atoms with Gasteiger partial charge in [-0.15, -0.1) is 0 Å². The molecule has 2 aromatic rings. The fraction of sp³-hybridized carbons (Fsp3) is 0.333. The second-order valence-electron chi connectivity index (χ2n) is 5.50. The SMILES string of the molecule is CCN(Cc1ccccc1)Cc1ccc2c(c1)CNC2. The monoisotopic (exact) mass is 266 g/mol. The first-order valence-electron chi connectivity index (χ1n) is 7.43. The van der Waals surface area contributed by atoms with Crippen LogP contribution in [0.2, 0.25) is 0 Å². The van der Waals surface area contributed by atoms with E-state index >= 15 is 0 Å². The topological polar surface area (TPSA) is 15.3 Å². The predicted molar refractivity (Wildman–Crippen MR) is 83.2 cm³/mol. The van der Waals surface area contributed by atoms with E-state index in [-0.39, 0.29) is 0 Å². The maximum atomic E-state index is 3.41. The minimum absolute atomic E-state index is 1.02. The molecule has 0 bridgehead atoms. The molecule has 1 aliphatic rings. The number of nitrogens with zero attached hydrogens (tertiary/aromatic N) is 1. The van der Waals surface area contributed by atoms with Crippen LogP contribution in [-0.4, -0.2) is 11.4 Å². The molecular weight excluding hydrogens is 244 g/mol. The first-order valence-corrected chi connectivity index (χ1v) is 7.43. The van der Waals surface area contributed by atoms with Crippen LogP contribution < -0.4 is 5.32 Å². The van der Waals surface area contributed by atoms with Crippen molar-refractivity contribution in [2.45, 2.75) is 33.1 Å². The highest BCUT2D eigenvalue weighted by Gasteiger charge is 2.11. The second-order valence-corrected chi connectivity index (χ2v) is 5.50. The maximum Gasteiger partial charge on any atom is 0.0237 e. The Morgan fingerprint density at radius 2 is 1.65 bits per heavy atom. The zero-order chi connectivity index (χ0) is 13.8. The van der Waals surface area contributed by atoms with E-state index in [1.165, 1.54) is 22.3 Å². The van der Waals surface area contributed by atoms with Gasteiger partial charge in [0.25, 0.3) is 0 Å². The van der Waals surface area contributed by atoms with E-state index in [0.717, 1.165) is 32.7 Å². The van der Waals surface area contributed by atoms with Gasteiger partial charge in [-0.05, 0) is 28.8 Å². The number of hydrogen-bond acceptors (Lipinski definition) is 2. The smallest absolute Gasteiger partial charge is 0.0237 e. The number of fused-ring (bicyclic) bond motifs is 1. The predicted octanol–water partition coefficient (Wildman–Crippen LogP) is 3.31. The van der Waals surface area contributed by atoms with Crippen molar-refractivity contribution in [3.8, 4) is 0 Å². The van der Waals surface area contributed by atoms with E-state index in [1.807, 2.05) is 0 Å². The minimum atomic E-state index is 1.02. The van der Waals surface area contributed by atoms with E-state index < -0.39 is 0 Å². The third kappa shape index (κ3) is 3.09. The molecule has 104 valence electrons. The molecule has 0 amide bonds. The minimum Gasteiger partial charge on any atom is -0.309 e. The third-order valence-electron chi connectivity index (χ3n) is 4.00. The van der Waals surface area contributed by atoms with Crippen LogP contribution in [0.5, 0.6) is 0 Å². The fourth-order valence-electron chi connectivity index (χ4n) is 2.83. The number of hydrogen-bond donors (Lipinski definition) is 1. The molecule has 1 aliphatic heterocycles. The van der Waals surface area contributed by atoms with Crippen molar-refractivity contribution in [1.29, 1.82) is 0 Å². The highest BCUT2D eigenvalue weighted by molar-refractivity contribution is 5.34.